The molecule has 0 atom stereocenters. The molecule has 0 fully saturated rings. The van der Waals surface area contributed by atoms with Gasteiger partial charge in [-0.25, -0.2) is 9.11 Å². The fourth-order valence-corrected chi connectivity index (χ4v) is 1.60. The minimum atomic E-state index is -3.54. The van der Waals surface area contributed by atoms with Crippen LogP contribution in [0.15, 0.2) is 18.2 Å². The van der Waals surface area contributed by atoms with Crippen LogP contribution in [-0.4, -0.2) is 15.5 Å². The van der Waals surface area contributed by atoms with Crippen molar-refractivity contribution in [1.82, 2.24) is 9.44 Å². The van der Waals surface area contributed by atoms with Gasteiger partial charge in [-0.3, -0.25) is 0 Å². The van der Waals surface area contributed by atoms with Gasteiger partial charge < -0.3 is 5.73 Å². The zero-order valence-corrected chi connectivity index (χ0v) is 9.64. The van der Waals surface area contributed by atoms with Crippen LogP contribution in [0.2, 0.25) is 0 Å². The molecule has 1 aromatic rings. The summed E-state index contributed by atoms with van der Waals surface area (Å²) >= 11 is 0. The first kappa shape index (κ1) is 13.0. The molecule has 0 heterocycles. The van der Waals surface area contributed by atoms with E-state index in [2.05, 4.69) is 9.44 Å². The third-order valence-electron chi connectivity index (χ3n) is 2.07. The Morgan fingerprint density at radius 2 is 2.12 bits per heavy atom. The van der Waals surface area contributed by atoms with Crippen molar-refractivity contribution in [3.63, 3.8) is 0 Å². The molecule has 0 radical (unpaired) electrons. The van der Waals surface area contributed by atoms with Crippen LogP contribution in [0.3, 0.4) is 0 Å². The van der Waals surface area contributed by atoms with Gasteiger partial charge in [-0.15, -0.1) is 0 Å². The largest absolute Gasteiger partial charge is 0.326 e. The Bertz CT molecular complexity index is 462. The zero-order chi connectivity index (χ0) is 12.2. The maximum Gasteiger partial charge on any atom is 0.276 e. The Balaban J connectivity index is 2.76. The zero-order valence-electron chi connectivity index (χ0n) is 8.83. The van der Waals surface area contributed by atoms with Crippen LogP contribution < -0.4 is 15.2 Å². The third-order valence-corrected chi connectivity index (χ3v) is 3.14. The SMILES string of the molecule is CNS(=O)(=O)NCc1ccc(CN)cc1F. The summed E-state index contributed by atoms with van der Waals surface area (Å²) in [6.07, 6.45) is 0. The molecule has 1 aromatic carbocycles. The summed E-state index contributed by atoms with van der Waals surface area (Å²) in [5, 5.41) is 0. The molecule has 0 bridgehead atoms. The van der Waals surface area contributed by atoms with Crippen molar-refractivity contribution in [3.05, 3.63) is 35.1 Å². The molecule has 0 aliphatic heterocycles. The summed E-state index contributed by atoms with van der Waals surface area (Å²) in [6, 6.07) is 4.46. The predicted molar refractivity (Wildman–Crippen MR) is 59.1 cm³/mol. The molecule has 0 aromatic heterocycles. The quantitative estimate of drug-likeness (QED) is 0.676. The summed E-state index contributed by atoms with van der Waals surface area (Å²) in [7, 11) is -2.27. The van der Waals surface area contributed by atoms with Crippen molar-refractivity contribution in [2.24, 2.45) is 5.73 Å². The number of benzene rings is 1. The maximum absolute atomic E-state index is 13.4. The van der Waals surface area contributed by atoms with E-state index in [1.54, 1.807) is 6.07 Å². The lowest BCUT2D eigenvalue weighted by molar-refractivity contribution is 0.567. The molecular formula is C9H14FN3O2S. The number of nitrogens with one attached hydrogen (secondary N) is 2. The molecule has 7 heteroatoms. The lowest BCUT2D eigenvalue weighted by Crippen LogP contribution is -2.33. The van der Waals surface area contributed by atoms with Crippen LogP contribution in [-0.2, 0) is 23.3 Å². The highest BCUT2D eigenvalue weighted by molar-refractivity contribution is 7.87. The number of nitrogens with two attached hydrogens (primary N) is 1. The van der Waals surface area contributed by atoms with Gasteiger partial charge in [-0.2, -0.15) is 13.1 Å². The number of rotatable bonds is 5. The van der Waals surface area contributed by atoms with Gasteiger partial charge in [0, 0.05) is 25.7 Å². The van der Waals surface area contributed by atoms with Crippen molar-refractivity contribution in [3.8, 4) is 0 Å². The number of hydrogen-bond donors (Lipinski definition) is 3. The summed E-state index contributed by atoms with van der Waals surface area (Å²) in [5.41, 5.74) is 6.28. The first-order valence-electron chi connectivity index (χ1n) is 4.64. The fraction of sp³-hybridized carbons (Fsp3) is 0.333. The van der Waals surface area contributed by atoms with E-state index >= 15 is 0 Å². The second-order valence-corrected chi connectivity index (χ2v) is 4.86. The predicted octanol–water partition coefficient (Wildman–Crippen LogP) is -0.162. The monoisotopic (exact) mass is 247 g/mol. The first-order chi connectivity index (χ1) is 7.48. The fourth-order valence-electron chi connectivity index (χ4n) is 1.11. The lowest BCUT2D eigenvalue weighted by Gasteiger charge is -2.07. The van der Waals surface area contributed by atoms with Crippen molar-refractivity contribution in [2.45, 2.75) is 13.1 Å². The van der Waals surface area contributed by atoms with Crippen LogP contribution in [0.25, 0.3) is 0 Å². The van der Waals surface area contributed by atoms with E-state index in [1.807, 2.05) is 0 Å². The Kier molecular flexibility index (Phi) is 4.36. The minimum Gasteiger partial charge on any atom is -0.326 e. The van der Waals surface area contributed by atoms with Crippen LogP contribution in [0, 0.1) is 5.82 Å². The minimum absolute atomic E-state index is 0.0974. The summed E-state index contributed by atoms with van der Waals surface area (Å²) in [6.45, 7) is 0.152. The highest BCUT2D eigenvalue weighted by atomic mass is 32.2. The van der Waals surface area contributed by atoms with E-state index in [1.165, 1.54) is 19.2 Å². The molecule has 4 N–H and O–H groups in total. The smallest absolute Gasteiger partial charge is 0.276 e. The highest BCUT2D eigenvalue weighted by Gasteiger charge is 2.08. The average Bonchev–Trinajstić information content (AvgIpc) is 2.27. The number of halogens is 1. The molecule has 90 valence electrons. The highest BCUT2D eigenvalue weighted by Crippen LogP contribution is 2.10. The summed E-state index contributed by atoms with van der Waals surface area (Å²) in [4.78, 5) is 0. The van der Waals surface area contributed by atoms with Gasteiger partial charge in [0.2, 0.25) is 0 Å². The van der Waals surface area contributed by atoms with Gasteiger partial charge in [0.25, 0.3) is 10.2 Å². The second-order valence-electron chi connectivity index (χ2n) is 3.16. The van der Waals surface area contributed by atoms with Gasteiger partial charge in [0.15, 0.2) is 0 Å². The molecule has 1 rings (SSSR count). The molecule has 0 aliphatic rings. The van der Waals surface area contributed by atoms with Gasteiger partial charge in [0.05, 0.1) is 0 Å². The lowest BCUT2D eigenvalue weighted by atomic mass is 10.1. The standard InChI is InChI=1S/C9H14FN3O2S/c1-12-16(14,15)13-6-8-3-2-7(5-11)4-9(8)10/h2-4,12-13H,5-6,11H2,1H3. The van der Waals surface area contributed by atoms with Crippen molar-refractivity contribution >= 4 is 10.2 Å². The molecule has 0 saturated heterocycles. The van der Waals surface area contributed by atoms with Gasteiger partial charge >= 0.3 is 0 Å². The third kappa shape index (κ3) is 3.53. The van der Waals surface area contributed by atoms with Crippen LogP contribution in [0.4, 0.5) is 4.39 Å². The first-order valence-corrected chi connectivity index (χ1v) is 6.12. The Labute approximate surface area is 94.0 Å². The van der Waals surface area contributed by atoms with E-state index < -0.39 is 16.0 Å². The molecule has 0 unspecified atom stereocenters. The molecule has 0 saturated carbocycles. The molecule has 0 amide bonds. The van der Waals surface area contributed by atoms with E-state index in [4.69, 9.17) is 5.73 Å². The molecule has 0 spiro atoms. The number of hydrogen-bond acceptors (Lipinski definition) is 3. The van der Waals surface area contributed by atoms with Gasteiger partial charge in [-0.05, 0) is 11.6 Å². The van der Waals surface area contributed by atoms with Gasteiger partial charge in [-0.1, -0.05) is 12.1 Å². The Hall–Kier alpha value is -1.02. The van der Waals surface area contributed by atoms with Crippen LogP contribution in [0.1, 0.15) is 11.1 Å². The Morgan fingerprint density at radius 3 is 2.62 bits per heavy atom. The summed E-state index contributed by atoms with van der Waals surface area (Å²) < 4.78 is 39.8. The van der Waals surface area contributed by atoms with Crippen LogP contribution >= 0.6 is 0 Å². The van der Waals surface area contributed by atoms with Crippen molar-refractivity contribution in [2.75, 3.05) is 7.05 Å². The second kappa shape index (κ2) is 5.35. The average molecular weight is 247 g/mol. The van der Waals surface area contributed by atoms with Crippen LogP contribution in [0.5, 0.6) is 0 Å². The molecule has 16 heavy (non-hydrogen) atoms. The van der Waals surface area contributed by atoms with Crippen molar-refractivity contribution in [1.29, 1.82) is 0 Å². The van der Waals surface area contributed by atoms with Gasteiger partial charge in [0.1, 0.15) is 5.82 Å². The van der Waals surface area contributed by atoms with E-state index in [0.29, 0.717) is 5.56 Å². The topological polar surface area (TPSA) is 84.2 Å². The molecule has 0 aliphatic carbocycles. The van der Waals surface area contributed by atoms with E-state index in [9.17, 15) is 12.8 Å². The Morgan fingerprint density at radius 1 is 1.44 bits per heavy atom. The van der Waals surface area contributed by atoms with Crippen molar-refractivity contribution < 1.29 is 12.8 Å². The summed E-state index contributed by atoms with van der Waals surface area (Å²) in [5.74, 6) is -0.471. The molecule has 5 nitrogen and oxygen atoms in total. The normalized spacial score (nSPS) is 11.7. The van der Waals surface area contributed by atoms with E-state index in [0.717, 1.165) is 0 Å². The van der Waals surface area contributed by atoms with E-state index in [-0.39, 0.29) is 18.7 Å². The molecular weight excluding hydrogens is 233 g/mol. The maximum atomic E-state index is 13.4.